The monoisotopic (exact) mass is 308 g/mol. The number of aliphatic carboxylic acids is 1. The van der Waals surface area contributed by atoms with Gasteiger partial charge in [-0.15, -0.1) is 0 Å². The molecule has 0 aromatic rings. The normalized spacial score (nSPS) is 21.2. The largest absolute Gasteiger partial charge is 0.480 e. The number of hydrogen-bond donors (Lipinski definition) is 1. The Kier molecular flexibility index (Phi) is 6.87. The molecule has 0 aromatic heterocycles. The van der Waals surface area contributed by atoms with E-state index in [1.54, 1.807) is 0 Å². The Bertz CT molecular complexity index is 412. The molecule has 0 aliphatic carbocycles. The lowest BCUT2D eigenvalue weighted by molar-refractivity contribution is -0.137. The highest BCUT2D eigenvalue weighted by Gasteiger charge is 2.27. The lowest BCUT2D eigenvalue weighted by Crippen LogP contribution is -2.49. The molecule has 1 aliphatic heterocycles. The molecule has 0 radical (unpaired) electrons. The zero-order valence-electron chi connectivity index (χ0n) is 12.1. The van der Waals surface area contributed by atoms with Crippen LogP contribution in [0.2, 0.25) is 0 Å². The summed E-state index contributed by atoms with van der Waals surface area (Å²) in [4.78, 5) is 13.0. The Morgan fingerprint density at radius 1 is 1.50 bits per heavy atom. The first-order chi connectivity index (χ1) is 9.32. The molecule has 0 aromatic carbocycles. The molecule has 20 heavy (non-hydrogen) atoms. The summed E-state index contributed by atoms with van der Waals surface area (Å²) < 4.78 is 29.7. The zero-order chi connectivity index (χ0) is 15.2. The standard InChI is InChI=1S/C12H24N2O5S/c1-3-4-5-13-6-7-19-11(8-13)9-14(10-12(15)16)20(2,17)18/h11H,3-10H2,1-2H3,(H,15,16). The van der Waals surface area contributed by atoms with E-state index in [1.807, 2.05) is 0 Å². The van der Waals surface area contributed by atoms with E-state index in [1.165, 1.54) is 0 Å². The van der Waals surface area contributed by atoms with Crippen molar-refractivity contribution in [2.24, 2.45) is 0 Å². The number of morpholine rings is 1. The Morgan fingerprint density at radius 3 is 2.75 bits per heavy atom. The fraction of sp³-hybridized carbons (Fsp3) is 0.917. The van der Waals surface area contributed by atoms with E-state index in [4.69, 9.17) is 9.84 Å². The number of carboxylic acid groups (broad SMARTS) is 1. The summed E-state index contributed by atoms with van der Waals surface area (Å²) in [5, 5.41) is 8.79. The molecule has 1 unspecified atom stereocenters. The second-order valence-electron chi connectivity index (χ2n) is 5.10. The molecule has 0 bridgehead atoms. The molecule has 118 valence electrons. The average molecular weight is 308 g/mol. The molecule has 0 spiro atoms. The fourth-order valence-corrected chi connectivity index (χ4v) is 2.95. The van der Waals surface area contributed by atoms with E-state index < -0.39 is 22.5 Å². The smallest absolute Gasteiger partial charge is 0.318 e. The van der Waals surface area contributed by atoms with Crippen molar-refractivity contribution >= 4 is 16.0 Å². The number of carboxylic acids is 1. The first kappa shape index (κ1) is 17.4. The quantitative estimate of drug-likeness (QED) is 0.670. The molecule has 0 saturated carbocycles. The number of hydrogen-bond acceptors (Lipinski definition) is 5. The van der Waals surface area contributed by atoms with Crippen molar-refractivity contribution < 1.29 is 23.1 Å². The summed E-state index contributed by atoms with van der Waals surface area (Å²) >= 11 is 0. The molecule has 1 rings (SSSR count). The van der Waals surface area contributed by atoms with Gasteiger partial charge in [-0.1, -0.05) is 13.3 Å². The molecule has 1 atom stereocenters. The maximum atomic E-state index is 11.6. The highest BCUT2D eigenvalue weighted by Crippen LogP contribution is 2.10. The number of nitrogens with zero attached hydrogens (tertiary/aromatic N) is 2. The van der Waals surface area contributed by atoms with Crippen molar-refractivity contribution in [3.63, 3.8) is 0 Å². The average Bonchev–Trinajstić information content (AvgIpc) is 2.34. The summed E-state index contributed by atoms with van der Waals surface area (Å²) in [5.41, 5.74) is 0. The Hall–Kier alpha value is -0.700. The number of ether oxygens (including phenoxy) is 1. The highest BCUT2D eigenvalue weighted by atomic mass is 32.2. The topological polar surface area (TPSA) is 87.2 Å². The Morgan fingerprint density at radius 2 is 2.20 bits per heavy atom. The predicted molar refractivity (Wildman–Crippen MR) is 75.1 cm³/mol. The predicted octanol–water partition coefficient (Wildman–Crippen LogP) is -0.166. The molecule has 8 heteroatoms. The van der Waals surface area contributed by atoms with Gasteiger partial charge in [-0.2, -0.15) is 4.31 Å². The van der Waals surface area contributed by atoms with Gasteiger partial charge in [0.15, 0.2) is 0 Å². The maximum Gasteiger partial charge on any atom is 0.318 e. The molecular formula is C12H24N2O5S. The van der Waals surface area contributed by atoms with Crippen LogP contribution in [0.25, 0.3) is 0 Å². The van der Waals surface area contributed by atoms with Crippen LogP contribution in [0.3, 0.4) is 0 Å². The van der Waals surface area contributed by atoms with Crippen molar-refractivity contribution in [2.45, 2.75) is 25.9 Å². The Labute approximate surface area is 120 Å². The molecule has 1 fully saturated rings. The fourth-order valence-electron chi connectivity index (χ4n) is 2.17. The molecule has 1 aliphatic rings. The van der Waals surface area contributed by atoms with Crippen LogP contribution in [-0.4, -0.2) is 80.4 Å². The van der Waals surface area contributed by atoms with Crippen LogP contribution in [0.15, 0.2) is 0 Å². The minimum absolute atomic E-state index is 0.0910. The van der Waals surface area contributed by atoms with Crippen molar-refractivity contribution in [3.05, 3.63) is 0 Å². The molecular weight excluding hydrogens is 284 g/mol. The summed E-state index contributed by atoms with van der Waals surface area (Å²) in [5.74, 6) is -1.16. The maximum absolute atomic E-state index is 11.6. The van der Waals surface area contributed by atoms with Crippen LogP contribution in [-0.2, 0) is 19.6 Å². The summed E-state index contributed by atoms with van der Waals surface area (Å²) in [7, 11) is -3.54. The number of sulfonamides is 1. The van der Waals surface area contributed by atoms with Crippen molar-refractivity contribution in [1.82, 2.24) is 9.21 Å². The number of rotatable bonds is 8. The van der Waals surface area contributed by atoms with Crippen molar-refractivity contribution in [2.75, 3.05) is 45.6 Å². The number of carbonyl (C=O) groups is 1. The van der Waals surface area contributed by atoms with Crippen molar-refractivity contribution in [3.8, 4) is 0 Å². The first-order valence-corrected chi connectivity index (χ1v) is 8.68. The van der Waals surface area contributed by atoms with E-state index in [0.29, 0.717) is 13.2 Å². The van der Waals surface area contributed by atoms with E-state index >= 15 is 0 Å². The van der Waals surface area contributed by atoms with Crippen molar-refractivity contribution in [1.29, 1.82) is 0 Å². The lowest BCUT2D eigenvalue weighted by atomic mass is 10.2. The van der Waals surface area contributed by atoms with Gasteiger partial charge in [0, 0.05) is 19.6 Å². The van der Waals surface area contributed by atoms with Gasteiger partial charge in [0.05, 0.1) is 19.0 Å². The summed E-state index contributed by atoms with van der Waals surface area (Å²) in [6.07, 6.45) is 2.96. The molecule has 7 nitrogen and oxygen atoms in total. The molecule has 1 saturated heterocycles. The van der Waals surface area contributed by atoms with E-state index in [-0.39, 0.29) is 12.6 Å². The van der Waals surface area contributed by atoms with Gasteiger partial charge in [0.25, 0.3) is 0 Å². The van der Waals surface area contributed by atoms with Crippen LogP contribution < -0.4 is 0 Å². The second kappa shape index (κ2) is 7.92. The third kappa shape index (κ3) is 6.17. The van der Waals surface area contributed by atoms with Gasteiger partial charge in [0.2, 0.25) is 10.0 Å². The lowest BCUT2D eigenvalue weighted by Gasteiger charge is -2.34. The summed E-state index contributed by atoms with van der Waals surface area (Å²) in [6, 6.07) is 0. The summed E-state index contributed by atoms with van der Waals surface area (Å²) in [6.45, 7) is 4.70. The van der Waals surface area contributed by atoms with Gasteiger partial charge < -0.3 is 9.84 Å². The van der Waals surface area contributed by atoms with E-state index in [2.05, 4.69) is 11.8 Å². The minimum Gasteiger partial charge on any atom is -0.480 e. The Balaban J connectivity index is 2.57. The molecule has 1 N–H and O–H groups in total. The van der Waals surface area contributed by atoms with Crippen LogP contribution in [0.4, 0.5) is 0 Å². The molecule has 1 heterocycles. The van der Waals surface area contributed by atoms with Crippen LogP contribution in [0.1, 0.15) is 19.8 Å². The third-order valence-electron chi connectivity index (χ3n) is 3.24. The minimum atomic E-state index is -3.54. The van der Waals surface area contributed by atoms with Gasteiger partial charge in [-0.05, 0) is 13.0 Å². The highest BCUT2D eigenvalue weighted by molar-refractivity contribution is 7.88. The van der Waals surface area contributed by atoms with Crippen LogP contribution in [0, 0.1) is 0 Å². The first-order valence-electron chi connectivity index (χ1n) is 6.83. The van der Waals surface area contributed by atoms with E-state index in [0.717, 1.165) is 36.5 Å². The number of unbranched alkanes of at least 4 members (excludes halogenated alkanes) is 1. The van der Waals surface area contributed by atoms with E-state index in [9.17, 15) is 13.2 Å². The van der Waals surface area contributed by atoms with Gasteiger partial charge in [-0.25, -0.2) is 8.42 Å². The SMILES string of the molecule is CCCCN1CCOC(CN(CC(=O)O)S(C)(=O)=O)C1. The van der Waals surface area contributed by atoms with Crippen LogP contribution >= 0.6 is 0 Å². The van der Waals surface area contributed by atoms with Gasteiger partial charge >= 0.3 is 5.97 Å². The second-order valence-corrected chi connectivity index (χ2v) is 7.08. The molecule has 0 amide bonds. The third-order valence-corrected chi connectivity index (χ3v) is 4.45. The van der Waals surface area contributed by atoms with Gasteiger partial charge in [-0.3, -0.25) is 9.69 Å². The van der Waals surface area contributed by atoms with Crippen LogP contribution in [0.5, 0.6) is 0 Å². The van der Waals surface area contributed by atoms with Gasteiger partial charge in [0.1, 0.15) is 6.54 Å². The zero-order valence-corrected chi connectivity index (χ0v) is 12.9.